The minimum Gasteiger partial charge on any atom is -0.194 e. The van der Waals surface area contributed by atoms with Gasteiger partial charge in [-0.2, -0.15) is 26.3 Å². The van der Waals surface area contributed by atoms with Gasteiger partial charge in [-0.05, 0) is 50.9 Å². The molecule has 3 aromatic carbocycles. The third kappa shape index (κ3) is 3.73. The van der Waals surface area contributed by atoms with Gasteiger partial charge in [0.05, 0.1) is 0 Å². The summed E-state index contributed by atoms with van der Waals surface area (Å²) in [5, 5.41) is 0.747. The molecule has 4 aromatic rings. The molecule has 0 saturated carbocycles. The Labute approximate surface area is 221 Å². The van der Waals surface area contributed by atoms with E-state index in [0.717, 1.165) is 11.3 Å². The van der Waals surface area contributed by atoms with Gasteiger partial charge in [0.15, 0.2) is 0 Å². The van der Waals surface area contributed by atoms with E-state index < -0.39 is 28.9 Å². The Morgan fingerprint density at radius 1 is 0.658 bits per heavy atom. The molecule has 7 heteroatoms. The number of fused-ring (bicyclic) bond motifs is 1. The second-order valence-corrected chi connectivity index (χ2v) is 11.4. The predicted octanol–water partition coefficient (Wildman–Crippen LogP) is 10.6. The van der Waals surface area contributed by atoms with Gasteiger partial charge < -0.3 is 0 Å². The van der Waals surface area contributed by atoms with Crippen LogP contribution in [0.2, 0.25) is 0 Å². The number of alkyl halides is 6. The van der Waals surface area contributed by atoms with Crippen molar-refractivity contribution in [2.75, 3.05) is 0 Å². The van der Waals surface area contributed by atoms with Crippen LogP contribution in [0, 0.1) is 0 Å². The molecule has 1 aromatic heterocycles. The number of halogens is 6. The van der Waals surface area contributed by atoms with E-state index in [9.17, 15) is 0 Å². The molecule has 0 fully saturated rings. The summed E-state index contributed by atoms with van der Waals surface area (Å²) >= 11 is 1.16. The van der Waals surface area contributed by atoms with Crippen molar-refractivity contribution in [2.24, 2.45) is 0 Å². The molecule has 0 unspecified atom stereocenters. The van der Waals surface area contributed by atoms with Crippen molar-refractivity contribution in [2.45, 2.75) is 57.3 Å². The summed E-state index contributed by atoms with van der Waals surface area (Å²) in [4.78, 5) is 0.906. The first-order valence-electron chi connectivity index (χ1n) is 12.4. The lowest BCUT2D eigenvalue weighted by molar-refractivity contribution is -0.254. The lowest BCUT2D eigenvalue weighted by atomic mass is 9.84. The first-order chi connectivity index (χ1) is 17.8. The Hall–Kier alpha value is -3.06. The van der Waals surface area contributed by atoms with Crippen LogP contribution in [-0.4, -0.2) is 17.8 Å². The van der Waals surface area contributed by atoms with Gasteiger partial charge in [0.1, 0.15) is 0 Å². The predicted molar refractivity (Wildman–Crippen MR) is 144 cm³/mol. The number of allylic oxidation sites excluding steroid dienone is 2. The zero-order chi connectivity index (χ0) is 27.6. The first kappa shape index (κ1) is 26.5. The monoisotopic (exact) mass is 544 g/mol. The number of rotatable bonds is 5. The van der Waals surface area contributed by atoms with Gasteiger partial charge in [-0.1, -0.05) is 94.4 Å². The Morgan fingerprint density at radius 2 is 1.26 bits per heavy atom. The Balaban J connectivity index is 1.96. The number of thiophene rings is 1. The second-order valence-electron chi connectivity index (χ2n) is 10.3. The normalized spacial score (nSPS) is 18.2. The van der Waals surface area contributed by atoms with E-state index in [0.29, 0.717) is 26.3 Å². The number of hydrogen-bond acceptors (Lipinski definition) is 1. The fourth-order valence-corrected chi connectivity index (χ4v) is 6.41. The summed E-state index contributed by atoms with van der Waals surface area (Å²) in [6.07, 6.45) is 0. The van der Waals surface area contributed by atoms with Crippen LogP contribution >= 0.6 is 11.3 Å². The van der Waals surface area contributed by atoms with Crippen LogP contribution in [0.25, 0.3) is 32.4 Å². The quantitative estimate of drug-likeness (QED) is 0.219. The van der Waals surface area contributed by atoms with Gasteiger partial charge in [-0.15, -0.1) is 11.3 Å². The second kappa shape index (κ2) is 9.01. The highest BCUT2D eigenvalue weighted by atomic mass is 32.1. The topological polar surface area (TPSA) is 0 Å². The van der Waals surface area contributed by atoms with Crippen molar-refractivity contribution in [3.8, 4) is 10.4 Å². The van der Waals surface area contributed by atoms with Crippen LogP contribution in [0.3, 0.4) is 0 Å². The summed E-state index contributed by atoms with van der Waals surface area (Å²) in [7, 11) is 0. The summed E-state index contributed by atoms with van der Waals surface area (Å²) in [5.74, 6) is -16.6. The molecule has 0 spiro atoms. The van der Waals surface area contributed by atoms with Gasteiger partial charge in [-0.25, -0.2) is 0 Å². The standard InChI is InChI=1S/C31H26F6S/c1-17(2)21-15-14-19-10-8-9-13-22(19)25(21)27-26(29(32,33)31(36,37)30(27,34)35)23-16-24(38-28(23)18(3)4)20-11-6-5-7-12-20/h5-18H,1-4H3. The highest BCUT2D eigenvalue weighted by Crippen LogP contribution is 2.66. The molecule has 1 aliphatic rings. The third-order valence-electron chi connectivity index (χ3n) is 7.11. The van der Waals surface area contributed by atoms with Crippen molar-refractivity contribution < 1.29 is 26.3 Å². The van der Waals surface area contributed by atoms with Gasteiger partial charge in [0.2, 0.25) is 0 Å². The van der Waals surface area contributed by atoms with Gasteiger partial charge in [0.25, 0.3) is 0 Å². The van der Waals surface area contributed by atoms with E-state index in [1.165, 1.54) is 12.1 Å². The molecule has 0 radical (unpaired) electrons. The molecule has 0 atom stereocenters. The zero-order valence-corrected chi connectivity index (χ0v) is 22.1. The fraction of sp³-hybridized carbons (Fsp3) is 0.290. The SMILES string of the molecule is CC(C)c1ccc2ccccc2c1C1=C(c2cc(-c3ccccc3)sc2C(C)C)C(F)(F)C(F)(F)C1(F)F. The lowest BCUT2D eigenvalue weighted by Gasteiger charge is -2.27. The van der Waals surface area contributed by atoms with Crippen LogP contribution < -0.4 is 0 Å². The maximum absolute atomic E-state index is 15.9. The molecule has 0 N–H and O–H groups in total. The smallest absolute Gasteiger partial charge is 0.194 e. The molecule has 1 aliphatic carbocycles. The molecule has 0 aliphatic heterocycles. The highest BCUT2D eigenvalue weighted by Gasteiger charge is 2.80. The highest BCUT2D eigenvalue weighted by molar-refractivity contribution is 7.15. The average molecular weight is 545 g/mol. The lowest BCUT2D eigenvalue weighted by Crippen LogP contribution is -2.49. The summed E-state index contributed by atoms with van der Waals surface area (Å²) in [6, 6.07) is 20.0. The molecule has 5 rings (SSSR count). The summed E-state index contributed by atoms with van der Waals surface area (Å²) in [5.41, 5.74) is -2.05. The number of hydrogen-bond donors (Lipinski definition) is 0. The van der Waals surface area contributed by atoms with E-state index in [2.05, 4.69) is 0 Å². The maximum Gasteiger partial charge on any atom is 0.380 e. The maximum atomic E-state index is 15.9. The van der Waals surface area contributed by atoms with Gasteiger partial charge >= 0.3 is 17.8 Å². The van der Waals surface area contributed by atoms with Crippen LogP contribution in [0.5, 0.6) is 0 Å². The van der Waals surface area contributed by atoms with Crippen molar-refractivity contribution >= 4 is 33.3 Å². The third-order valence-corrected chi connectivity index (χ3v) is 8.60. The van der Waals surface area contributed by atoms with Crippen LogP contribution in [0.1, 0.15) is 61.1 Å². The van der Waals surface area contributed by atoms with Crippen molar-refractivity contribution in [1.29, 1.82) is 0 Å². The Kier molecular flexibility index (Phi) is 6.29. The van der Waals surface area contributed by atoms with Crippen LogP contribution in [0.4, 0.5) is 26.3 Å². The first-order valence-corrected chi connectivity index (χ1v) is 13.2. The Morgan fingerprint density at radius 3 is 1.89 bits per heavy atom. The van der Waals surface area contributed by atoms with E-state index in [-0.39, 0.29) is 28.3 Å². The van der Waals surface area contributed by atoms with Crippen molar-refractivity contribution in [3.05, 3.63) is 94.4 Å². The van der Waals surface area contributed by atoms with Crippen molar-refractivity contribution in [3.63, 3.8) is 0 Å². The molecule has 0 bridgehead atoms. The Bertz CT molecular complexity index is 1540. The molecule has 1 heterocycles. The molecule has 0 amide bonds. The molecular formula is C31H26F6S. The molecule has 198 valence electrons. The molecule has 38 heavy (non-hydrogen) atoms. The van der Waals surface area contributed by atoms with Gasteiger partial charge in [-0.3, -0.25) is 0 Å². The summed E-state index contributed by atoms with van der Waals surface area (Å²) < 4.78 is 93.8. The largest absolute Gasteiger partial charge is 0.380 e. The average Bonchev–Trinajstić information content (AvgIpc) is 3.35. The van der Waals surface area contributed by atoms with Crippen LogP contribution in [-0.2, 0) is 0 Å². The zero-order valence-electron chi connectivity index (χ0n) is 21.3. The number of benzene rings is 3. The fourth-order valence-electron chi connectivity index (χ4n) is 5.23. The minimum atomic E-state index is -5.61. The minimum absolute atomic E-state index is 0.239. The van der Waals surface area contributed by atoms with E-state index >= 15 is 26.3 Å². The van der Waals surface area contributed by atoms with E-state index in [4.69, 9.17) is 0 Å². The van der Waals surface area contributed by atoms with Crippen LogP contribution in [0.15, 0.2) is 72.8 Å². The molecule has 0 saturated heterocycles. The van der Waals surface area contributed by atoms with Gasteiger partial charge in [0, 0.05) is 20.9 Å². The van der Waals surface area contributed by atoms with E-state index in [1.807, 2.05) is 0 Å². The molecular weight excluding hydrogens is 518 g/mol. The molecule has 0 nitrogen and oxygen atoms in total. The van der Waals surface area contributed by atoms with E-state index in [1.54, 1.807) is 88.4 Å². The van der Waals surface area contributed by atoms with Crippen molar-refractivity contribution in [1.82, 2.24) is 0 Å². The summed E-state index contributed by atoms with van der Waals surface area (Å²) in [6.45, 7) is 6.94.